The predicted molar refractivity (Wildman–Crippen MR) is 73.5 cm³/mol. The number of hydrogen-bond acceptors (Lipinski definition) is 2. The SMILES string of the molecule is Cc1nc(C)n(CCc2ccc(C(=O)O)cc2)c1C. The summed E-state index contributed by atoms with van der Waals surface area (Å²) in [6.07, 6.45) is 0.872. The van der Waals surface area contributed by atoms with Crippen molar-refractivity contribution >= 4 is 5.97 Å². The molecule has 0 saturated heterocycles. The number of carboxylic acid groups (broad SMARTS) is 1. The van der Waals surface area contributed by atoms with Crippen molar-refractivity contribution in [2.45, 2.75) is 33.7 Å². The smallest absolute Gasteiger partial charge is 0.335 e. The molecule has 0 saturated carbocycles. The minimum atomic E-state index is -0.886. The quantitative estimate of drug-likeness (QED) is 0.917. The average Bonchev–Trinajstić information content (AvgIpc) is 2.62. The van der Waals surface area contributed by atoms with Crippen molar-refractivity contribution < 1.29 is 9.90 Å². The van der Waals surface area contributed by atoms with Crippen LogP contribution in [0.15, 0.2) is 24.3 Å². The lowest BCUT2D eigenvalue weighted by Gasteiger charge is -2.08. The van der Waals surface area contributed by atoms with Crippen LogP contribution in [0, 0.1) is 20.8 Å². The van der Waals surface area contributed by atoms with Gasteiger partial charge in [0, 0.05) is 12.2 Å². The van der Waals surface area contributed by atoms with Crippen LogP contribution in [0.25, 0.3) is 0 Å². The topological polar surface area (TPSA) is 55.1 Å². The van der Waals surface area contributed by atoms with Gasteiger partial charge in [-0.1, -0.05) is 12.1 Å². The first-order valence-corrected chi connectivity index (χ1v) is 6.31. The van der Waals surface area contributed by atoms with Gasteiger partial charge in [-0.2, -0.15) is 0 Å². The highest BCUT2D eigenvalue weighted by molar-refractivity contribution is 5.87. The molecule has 1 aromatic carbocycles. The first-order valence-electron chi connectivity index (χ1n) is 6.31. The van der Waals surface area contributed by atoms with Crippen LogP contribution >= 0.6 is 0 Å². The van der Waals surface area contributed by atoms with Gasteiger partial charge < -0.3 is 9.67 Å². The molecular weight excluding hydrogens is 240 g/mol. The van der Waals surface area contributed by atoms with Crippen molar-refractivity contribution in [1.29, 1.82) is 0 Å². The van der Waals surface area contributed by atoms with Crippen LogP contribution in [0.1, 0.15) is 33.1 Å². The molecule has 0 amide bonds. The lowest BCUT2D eigenvalue weighted by atomic mass is 10.1. The van der Waals surface area contributed by atoms with Crippen molar-refractivity contribution in [2.24, 2.45) is 0 Å². The normalized spacial score (nSPS) is 10.7. The van der Waals surface area contributed by atoms with E-state index in [2.05, 4.69) is 16.5 Å². The minimum absolute atomic E-state index is 0.328. The van der Waals surface area contributed by atoms with E-state index >= 15 is 0 Å². The molecule has 0 radical (unpaired) electrons. The van der Waals surface area contributed by atoms with E-state index in [1.165, 1.54) is 5.69 Å². The van der Waals surface area contributed by atoms with E-state index in [0.717, 1.165) is 30.0 Å². The summed E-state index contributed by atoms with van der Waals surface area (Å²) in [6, 6.07) is 7.04. The molecule has 1 N–H and O–H groups in total. The van der Waals surface area contributed by atoms with E-state index in [1.807, 2.05) is 26.0 Å². The predicted octanol–water partition coefficient (Wildman–Crippen LogP) is 2.75. The summed E-state index contributed by atoms with van der Waals surface area (Å²) in [5.74, 6) is 0.139. The second-order valence-electron chi connectivity index (χ2n) is 4.73. The number of aromatic carboxylic acids is 1. The Kier molecular flexibility index (Phi) is 3.69. The van der Waals surface area contributed by atoms with Gasteiger partial charge in [0.15, 0.2) is 0 Å². The van der Waals surface area contributed by atoms with Crippen LogP contribution < -0.4 is 0 Å². The Bertz CT molecular complexity index is 597. The summed E-state index contributed by atoms with van der Waals surface area (Å²) < 4.78 is 2.19. The van der Waals surface area contributed by atoms with E-state index in [1.54, 1.807) is 12.1 Å². The van der Waals surface area contributed by atoms with Gasteiger partial charge >= 0.3 is 5.97 Å². The van der Waals surface area contributed by atoms with Crippen molar-refractivity contribution in [1.82, 2.24) is 9.55 Å². The maximum atomic E-state index is 10.8. The molecule has 1 aromatic heterocycles. The van der Waals surface area contributed by atoms with Crippen LogP contribution in [0.5, 0.6) is 0 Å². The molecule has 100 valence electrons. The first-order chi connectivity index (χ1) is 8.99. The fraction of sp³-hybridized carbons (Fsp3) is 0.333. The molecule has 0 bridgehead atoms. The lowest BCUT2D eigenvalue weighted by molar-refractivity contribution is 0.0697. The van der Waals surface area contributed by atoms with E-state index < -0.39 is 5.97 Å². The fourth-order valence-electron chi connectivity index (χ4n) is 2.21. The van der Waals surface area contributed by atoms with E-state index in [4.69, 9.17) is 5.11 Å². The van der Waals surface area contributed by atoms with Crippen LogP contribution in [0.2, 0.25) is 0 Å². The number of hydrogen-bond donors (Lipinski definition) is 1. The molecule has 0 aliphatic carbocycles. The molecule has 0 aliphatic rings. The molecule has 2 aromatic rings. The zero-order chi connectivity index (χ0) is 14.0. The molecule has 0 aliphatic heterocycles. The molecular formula is C15H18N2O2. The van der Waals surface area contributed by atoms with Crippen LogP contribution in [-0.2, 0) is 13.0 Å². The standard InChI is InChI=1S/C15H18N2O2/c1-10-11(2)17(12(3)16-10)9-8-13-4-6-14(7-5-13)15(18)19/h4-7H,8-9H2,1-3H3,(H,18,19). The maximum absolute atomic E-state index is 10.8. The zero-order valence-electron chi connectivity index (χ0n) is 11.5. The summed E-state index contributed by atoms with van der Waals surface area (Å²) in [4.78, 5) is 15.2. The van der Waals surface area contributed by atoms with Crippen molar-refractivity contribution in [2.75, 3.05) is 0 Å². The van der Waals surface area contributed by atoms with Crippen LogP contribution in [0.3, 0.4) is 0 Å². The summed E-state index contributed by atoms with van der Waals surface area (Å²) in [6.45, 7) is 6.96. The first kappa shape index (κ1) is 13.3. The van der Waals surface area contributed by atoms with Gasteiger partial charge in [-0.3, -0.25) is 0 Å². The Balaban J connectivity index is 2.08. The summed E-state index contributed by atoms with van der Waals surface area (Å²) >= 11 is 0. The average molecular weight is 258 g/mol. The Labute approximate surface area is 112 Å². The van der Waals surface area contributed by atoms with Crippen LogP contribution in [-0.4, -0.2) is 20.6 Å². The van der Waals surface area contributed by atoms with E-state index in [0.29, 0.717) is 5.56 Å². The fourth-order valence-corrected chi connectivity index (χ4v) is 2.21. The number of aromatic nitrogens is 2. The number of nitrogens with zero attached hydrogens (tertiary/aromatic N) is 2. The number of rotatable bonds is 4. The van der Waals surface area contributed by atoms with Gasteiger partial charge in [0.05, 0.1) is 11.3 Å². The third-order valence-electron chi connectivity index (χ3n) is 3.47. The Morgan fingerprint density at radius 1 is 1.21 bits per heavy atom. The number of carboxylic acids is 1. The molecule has 0 atom stereocenters. The number of imidazole rings is 1. The second kappa shape index (κ2) is 5.26. The van der Waals surface area contributed by atoms with E-state index in [-0.39, 0.29) is 0 Å². The van der Waals surface area contributed by atoms with Gasteiger partial charge in [0.25, 0.3) is 0 Å². The summed E-state index contributed by atoms with van der Waals surface area (Å²) in [5, 5.41) is 8.85. The highest BCUT2D eigenvalue weighted by atomic mass is 16.4. The molecule has 0 spiro atoms. The number of benzene rings is 1. The highest BCUT2D eigenvalue weighted by Gasteiger charge is 2.07. The Hall–Kier alpha value is -2.10. The van der Waals surface area contributed by atoms with Crippen molar-refractivity contribution in [3.63, 3.8) is 0 Å². The van der Waals surface area contributed by atoms with Gasteiger partial charge in [0.1, 0.15) is 5.82 Å². The van der Waals surface area contributed by atoms with Gasteiger partial charge in [-0.15, -0.1) is 0 Å². The van der Waals surface area contributed by atoms with Crippen molar-refractivity contribution in [3.05, 3.63) is 52.6 Å². The lowest BCUT2D eigenvalue weighted by Crippen LogP contribution is -2.06. The maximum Gasteiger partial charge on any atom is 0.335 e. The summed E-state index contributed by atoms with van der Waals surface area (Å²) in [7, 11) is 0. The van der Waals surface area contributed by atoms with Crippen molar-refractivity contribution in [3.8, 4) is 0 Å². The highest BCUT2D eigenvalue weighted by Crippen LogP contribution is 2.12. The van der Waals surface area contributed by atoms with Gasteiger partial charge in [-0.05, 0) is 44.9 Å². The summed E-state index contributed by atoms with van der Waals surface area (Å²) in [5.41, 5.74) is 3.73. The Morgan fingerprint density at radius 3 is 2.32 bits per heavy atom. The minimum Gasteiger partial charge on any atom is -0.478 e. The number of carbonyl (C=O) groups is 1. The molecule has 2 rings (SSSR count). The molecule has 1 heterocycles. The molecule has 0 unspecified atom stereocenters. The molecule has 4 nitrogen and oxygen atoms in total. The van der Waals surface area contributed by atoms with Gasteiger partial charge in [-0.25, -0.2) is 9.78 Å². The number of aryl methyl sites for hydroxylation is 3. The molecule has 0 fully saturated rings. The third kappa shape index (κ3) is 2.84. The zero-order valence-corrected chi connectivity index (χ0v) is 11.5. The largest absolute Gasteiger partial charge is 0.478 e. The second-order valence-corrected chi connectivity index (χ2v) is 4.73. The third-order valence-corrected chi connectivity index (χ3v) is 3.47. The Morgan fingerprint density at radius 2 is 1.84 bits per heavy atom. The molecule has 4 heteroatoms. The van der Waals surface area contributed by atoms with Gasteiger partial charge in [0.2, 0.25) is 0 Å². The monoisotopic (exact) mass is 258 g/mol. The molecule has 19 heavy (non-hydrogen) atoms. The van der Waals surface area contributed by atoms with E-state index in [9.17, 15) is 4.79 Å². The van der Waals surface area contributed by atoms with Crippen LogP contribution in [0.4, 0.5) is 0 Å².